The van der Waals surface area contributed by atoms with Crippen LogP contribution >= 0.6 is 22.7 Å². The third-order valence-electron chi connectivity index (χ3n) is 2.16. The van der Waals surface area contributed by atoms with Crippen LogP contribution in [-0.2, 0) is 4.74 Å². The summed E-state index contributed by atoms with van der Waals surface area (Å²) in [6.07, 6.45) is 0. The lowest BCUT2D eigenvalue weighted by Gasteiger charge is -2.01. The molecule has 0 spiro atoms. The Kier molecular flexibility index (Phi) is 2.88. The number of aryl methyl sites for hydroxylation is 1. The van der Waals surface area contributed by atoms with Gasteiger partial charge in [0.2, 0.25) is 0 Å². The first-order valence-electron chi connectivity index (χ1n) is 4.43. The van der Waals surface area contributed by atoms with Gasteiger partial charge in [-0.25, -0.2) is 4.79 Å². The molecule has 78 valence electrons. The number of rotatable bonds is 2. The summed E-state index contributed by atoms with van der Waals surface area (Å²) in [5.74, 6) is -0.255. The average molecular weight is 238 g/mol. The zero-order valence-electron chi connectivity index (χ0n) is 8.44. The van der Waals surface area contributed by atoms with E-state index in [4.69, 9.17) is 4.74 Å². The van der Waals surface area contributed by atoms with Crippen LogP contribution in [0.2, 0.25) is 0 Å². The molecule has 0 N–H and O–H groups in total. The molecule has 0 fully saturated rings. The Balaban J connectivity index is 2.55. The minimum Gasteiger partial charge on any atom is -0.465 e. The van der Waals surface area contributed by atoms with Gasteiger partial charge in [-0.1, -0.05) is 0 Å². The molecule has 0 atom stereocenters. The molecule has 0 saturated carbocycles. The summed E-state index contributed by atoms with van der Waals surface area (Å²) in [4.78, 5) is 12.2. The smallest absolute Gasteiger partial charge is 0.348 e. The molecule has 0 unspecified atom stereocenters. The van der Waals surface area contributed by atoms with Crippen molar-refractivity contribution in [2.45, 2.75) is 6.92 Å². The summed E-state index contributed by atoms with van der Waals surface area (Å²) in [6.45, 7) is 2.01. The lowest BCUT2D eigenvalue weighted by atomic mass is 10.1. The van der Waals surface area contributed by atoms with Gasteiger partial charge in [0.25, 0.3) is 0 Å². The van der Waals surface area contributed by atoms with E-state index in [0.29, 0.717) is 4.88 Å². The third-order valence-corrected chi connectivity index (χ3v) is 3.92. The highest BCUT2D eigenvalue weighted by Crippen LogP contribution is 2.34. The molecule has 2 aromatic heterocycles. The number of thiophene rings is 2. The molecule has 0 aromatic carbocycles. The fourth-order valence-corrected chi connectivity index (χ4v) is 3.09. The van der Waals surface area contributed by atoms with E-state index in [0.717, 1.165) is 16.7 Å². The van der Waals surface area contributed by atoms with E-state index in [1.165, 1.54) is 18.4 Å². The van der Waals surface area contributed by atoms with Crippen LogP contribution in [0.1, 0.15) is 15.2 Å². The van der Waals surface area contributed by atoms with Gasteiger partial charge in [-0.05, 0) is 40.3 Å². The van der Waals surface area contributed by atoms with Crippen molar-refractivity contribution in [3.05, 3.63) is 32.6 Å². The molecule has 2 heterocycles. The van der Waals surface area contributed by atoms with Crippen LogP contribution in [0.3, 0.4) is 0 Å². The second-order valence-corrected chi connectivity index (χ2v) is 4.79. The van der Waals surface area contributed by atoms with E-state index >= 15 is 0 Å². The molecular weight excluding hydrogens is 228 g/mol. The summed E-state index contributed by atoms with van der Waals surface area (Å²) < 4.78 is 4.76. The minimum atomic E-state index is -0.255. The summed E-state index contributed by atoms with van der Waals surface area (Å²) >= 11 is 3.06. The van der Waals surface area contributed by atoms with Gasteiger partial charge in [0.15, 0.2) is 0 Å². The van der Waals surface area contributed by atoms with Crippen LogP contribution < -0.4 is 0 Å². The second-order valence-electron chi connectivity index (χ2n) is 3.13. The Labute approximate surface area is 96.1 Å². The van der Waals surface area contributed by atoms with Crippen LogP contribution in [-0.4, -0.2) is 13.1 Å². The number of carbonyl (C=O) groups is 1. The van der Waals surface area contributed by atoms with Crippen molar-refractivity contribution < 1.29 is 9.53 Å². The summed E-state index contributed by atoms with van der Waals surface area (Å²) in [5, 5.41) is 6.04. The molecule has 0 saturated heterocycles. The molecular formula is C11H10O2S2. The van der Waals surface area contributed by atoms with Crippen molar-refractivity contribution in [1.29, 1.82) is 0 Å². The lowest BCUT2D eigenvalue weighted by molar-refractivity contribution is 0.0607. The fourth-order valence-electron chi connectivity index (χ4n) is 1.45. The summed E-state index contributed by atoms with van der Waals surface area (Å²) in [5.41, 5.74) is 3.23. The highest BCUT2D eigenvalue weighted by molar-refractivity contribution is 7.13. The van der Waals surface area contributed by atoms with Gasteiger partial charge in [-0.3, -0.25) is 0 Å². The number of esters is 1. The number of carbonyl (C=O) groups excluding carboxylic acids is 1. The van der Waals surface area contributed by atoms with Crippen molar-refractivity contribution in [1.82, 2.24) is 0 Å². The largest absolute Gasteiger partial charge is 0.465 e. The number of methoxy groups -OCH3 is 1. The van der Waals surface area contributed by atoms with Gasteiger partial charge in [0.05, 0.1) is 7.11 Å². The van der Waals surface area contributed by atoms with Crippen molar-refractivity contribution in [3.63, 3.8) is 0 Å². The summed E-state index contributed by atoms with van der Waals surface area (Å²) in [6, 6.07) is 2.02. The molecule has 0 aliphatic carbocycles. The SMILES string of the molecule is COC(=O)c1scc(C)c1-c1ccsc1. The van der Waals surface area contributed by atoms with E-state index < -0.39 is 0 Å². The quantitative estimate of drug-likeness (QED) is 0.748. The Morgan fingerprint density at radius 2 is 2.20 bits per heavy atom. The predicted molar refractivity (Wildman–Crippen MR) is 63.7 cm³/mol. The molecule has 0 aliphatic heterocycles. The van der Waals surface area contributed by atoms with Crippen molar-refractivity contribution in [3.8, 4) is 11.1 Å². The maximum atomic E-state index is 11.5. The highest BCUT2D eigenvalue weighted by Gasteiger charge is 2.17. The van der Waals surface area contributed by atoms with Crippen molar-refractivity contribution >= 4 is 28.6 Å². The molecule has 0 bridgehead atoms. The number of hydrogen-bond acceptors (Lipinski definition) is 4. The van der Waals surface area contributed by atoms with Crippen LogP contribution in [0.25, 0.3) is 11.1 Å². The van der Waals surface area contributed by atoms with Crippen LogP contribution in [0.5, 0.6) is 0 Å². The van der Waals surface area contributed by atoms with E-state index in [9.17, 15) is 4.79 Å². The zero-order chi connectivity index (χ0) is 10.8. The maximum absolute atomic E-state index is 11.5. The van der Waals surface area contributed by atoms with Crippen molar-refractivity contribution in [2.24, 2.45) is 0 Å². The highest BCUT2D eigenvalue weighted by atomic mass is 32.1. The van der Waals surface area contributed by atoms with Crippen LogP contribution in [0.4, 0.5) is 0 Å². The lowest BCUT2D eigenvalue weighted by Crippen LogP contribution is -1.99. The molecule has 4 heteroatoms. The van der Waals surface area contributed by atoms with Crippen LogP contribution in [0.15, 0.2) is 22.2 Å². The van der Waals surface area contributed by atoms with Crippen molar-refractivity contribution in [2.75, 3.05) is 7.11 Å². The molecule has 0 aliphatic rings. The maximum Gasteiger partial charge on any atom is 0.348 e. The van der Waals surface area contributed by atoms with Gasteiger partial charge in [-0.15, -0.1) is 11.3 Å². The Morgan fingerprint density at radius 3 is 2.80 bits per heavy atom. The van der Waals surface area contributed by atoms with E-state index in [2.05, 4.69) is 0 Å². The first kappa shape index (κ1) is 10.4. The molecule has 2 rings (SSSR count). The van der Waals surface area contributed by atoms with E-state index in [1.54, 1.807) is 11.3 Å². The average Bonchev–Trinajstić information content (AvgIpc) is 2.85. The van der Waals surface area contributed by atoms with Gasteiger partial charge < -0.3 is 4.74 Å². The van der Waals surface area contributed by atoms with Gasteiger partial charge in [0, 0.05) is 5.56 Å². The molecule has 0 radical (unpaired) electrons. The number of ether oxygens (including phenoxy) is 1. The minimum absolute atomic E-state index is 0.255. The Morgan fingerprint density at radius 1 is 1.40 bits per heavy atom. The second kappa shape index (κ2) is 4.16. The first-order chi connectivity index (χ1) is 7.24. The molecule has 2 nitrogen and oxygen atoms in total. The fraction of sp³-hybridized carbons (Fsp3) is 0.182. The van der Waals surface area contributed by atoms with Gasteiger partial charge >= 0.3 is 5.97 Å². The normalized spacial score (nSPS) is 10.3. The molecule has 0 amide bonds. The first-order valence-corrected chi connectivity index (χ1v) is 6.25. The van der Waals surface area contributed by atoms with E-state index in [-0.39, 0.29) is 5.97 Å². The zero-order valence-corrected chi connectivity index (χ0v) is 10.1. The monoisotopic (exact) mass is 238 g/mol. The topological polar surface area (TPSA) is 26.3 Å². The molecule has 2 aromatic rings. The van der Waals surface area contributed by atoms with Crippen LogP contribution in [0, 0.1) is 6.92 Å². The van der Waals surface area contributed by atoms with Gasteiger partial charge in [-0.2, -0.15) is 11.3 Å². The Bertz CT molecular complexity index is 469. The predicted octanol–water partition coefficient (Wildman–Crippen LogP) is 3.57. The Hall–Kier alpha value is -1.13. The molecule has 15 heavy (non-hydrogen) atoms. The van der Waals surface area contributed by atoms with Gasteiger partial charge in [0.1, 0.15) is 4.88 Å². The third kappa shape index (κ3) is 1.82. The van der Waals surface area contributed by atoms with E-state index in [1.807, 2.05) is 29.1 Å². The summed E-state index contributed by atoms with van der Waals surface area (Å²) in [7, 11) is 1.41. The standard InChI is InChI=1S/C11H10O2S2/c1-7-5-15-10(11(12)13-2)9(7)8-3-4-14-6-8/h3-6H,1-2H3. The number of hydrogen-bond donors (Lipinski definition) is 0.